The van der Waals surface area contributed by atoms with Crippen LogP contribution in [-0.4, -0.2) is 50.2 Å². The van der Waals surface area contributed by atoms with E-state index in [1.165, 1.54) is 0 Å². The molecule has 0 N–H and O–H groups in total. The van der Waals surface area contributed by atoms with Crippen molar-refractivity contribution >= 4 is 18.1 Å². The predicted molar refractivity (Wildman–Crippen MR) is 101 cm³/mol. The maximum absolute atomic E-state index is 13.3. The van der Waals surface area contributed by atoms with Crippen LogP contribution in [0.4, 0.5) is 5.95 Å². The Bertz CT molecular complexity index is 829. The Morgan fingerprint density at radius 1 is 1.11 bits per heavy atom. The zero-order valence-electron chi connectivity index (χ0n) is 15.6. The molecule has 0 saturated carbocycles. The summed E-state index contributed by atoms with van der Waals surface area (Å²) in [6, 6.07) is 1.64. The van der Waals surface area contributed by atoms with E-state index in [2.05, 4.69) is 29.9 Å². The Balaban J connectivity index is 1.47. The summed E-state index contributed by atoms with van der Waals surface area (Å²) in [6.07, 6.45) is 10.9. The molecule has 0 aliphatic carbocycles. The van der Waals surface area contributed by atoms with Crippen molar-refractivity contribution in [1.29, 1.82) is 0 Å². The van der Waals surface area contributed by atoms with Gasteiger partial charge in [-0.1, -0.05) is 6.92 Å². The molecule has 1 unspecified atom stereocenters. The lowest BCUT2D eigenvalue weighted by molar-refractivity contribution is -0.144. The van der Waals surface area contributed by atoms with Crippen molar-refractivity contribution in [2.45, 2.75) is 39.2 Å². The van der Waals surface area contributed by atoms with Gasteiger partial charge in [0.15, 0.2) is 0 Å². The maximum atomic E-state index is 13.3. The number of nitrogens with zero attached hydrogens (tertiary/aromatic N) is 7. The van der Waals surface area contributed by atoms with Gasteiger partial charge < -0.3 is 4.90 Å². The second-order valence-electron chi connectivity index (χ2n) is 7.38. The summed E-state index contributed by atoms with van der Waals surface area (Å²) >= 11 is 0. The normalized spacial score (nSPS) is 21.5. The van der Waals surface area contributed by atoms with Crippen molar-refractivity contribution in [3.63, 3.8) is 0 Å². The number of piperidine rings is 1. The van der Waals surface area contributed by atoms with Crippen LogP contribution in [0.3, 0.4) is 0 Å². The SMILES string of the molecule is Cc1cnc(C2CC=NN2C(=O)C2(C)CCN(c3ncccn3)CC2)cn1. The highest BCUT2D eigenvalue weighted by Gasteiger charge is 2.43. The third-order valence-electron chi connectivity index (χ3n) is 5.40. The van der Waals surface area contributed by atoms with Crippen LogP contribution in [0.15, 0.2) is 36.0 Å². The summed E-state index contributed by atoms with van der Waals surface area (Å²) in [5, 5.41) is 5.97. The number of amides is 1. The summed E-state index contributed by atoms with van der Waals surface area (Å²) in [5.74, 6) is 0.774. The fourth-order valence-corrected chi connectivity index (χ4v) is 3.58. The number of carbonyl (C=O) groups is 1. The predicted octanol–water partition coefficient (Wildman–Crippen LogP) is 2.14. The standard InChI is InChI=1S/C19H23N7O/c1-14-12-23-15(13-22-14)16-4-9-24-26(16)17(27)19(2)5-10-25(11-6-19)18-20-7-3-8-21-18/h3,7-9,12-13,16H,4-6,10-11H2,1-2H3. The average Bonchev–Trinajstić information content (AvgIpc) is 3.19. The van der Waals surface area contributed by atoms with Gasteiger partial charge in [-0.2, -0.15) is 5.10 Å². The number of hydrogen-bond acceptors (Lipinski definition) is 7. The maximum Gasteiger partial charge on any atom is 0.249 e. The van der Waals surface area contributed by atoms with E-state index in [-0.39, 0.29) is 11.9 Å². The monoisotopic (exact) mass is 365 g/mol. The Morgan fingerprint density at radius 3 is 2.52 bits per heavy atom. The van der Waals surface area contributed by atoms with Crippen LogP contribution in [0.25, 0.3) is 0 Å². The van der Waals surface area contributed by atoms with E-state index in [0.717, 1.165) is 43.3 Å². The van der Waals surface area contributed by atoms with Crippen LogP contribution >= 0.6 is 0 Å². The van der Waals surface area contributed by atoms with Crippen molar-refractivity contribution in [2.75, 3.05) is 18.0 Å². The van der Waals surface area contributed by atoms with Crippen molar-refractivity contribution < 1.29 is 4.79 Å². The topological polar surface area (TPSA) is 87.5 Å². The van der Waals surface area contributed by atoms with E-state index >= 15 is 0 Å². The highest BCUT2D eigenvalue weighted by atomic mass is 16.2. The Kier molecular flexibility index (Phi) is 4.55. The molecule has 0 bridgehead atoms. The number of anilines is 1. The highest BCUT2D eigenvalue weighted by Crippen LogP contribution is 2.38. The molecule has 1 amide bonds. The Morgan fingerprint density at radius 2 is 1.85 bits per heavy atom. The first-order valence-electron chi connectivity index (χ1n) is 9.23. The Labute approximate surface area is 158 Å². The van der Waals surface area contributed by atoms with Crippen LogP contribution < -0.4 is 4.90 Å². The van der Waals surface area contributed by atoms with Gasteiger partial charge in [0.25, 0.3) is 0 Å². The van der Waals surface area contributed by atoms with E-state index < -0.39 is 5.41 Å². The lowest BCUT2D eigenvalue weighted by Crippen LogP contribution is -2.48. The molecule has 0 aromatic carbocycles. The van der Waals surface area contributed by atoms with Crippen LogP contribution in [0.2, 0.25) is 0 Å². The molecule has 4 rings (SSSR count). The molecule has 4 heterocycles. The molecule has 8 heteroatoms. The van der Waals surface area contributed by atoms with E-state index in [9.17, 15) is 4.79 Å². The molecule has 0 radical (unpaired) electrons. The number of hydrazone groups is 1. The minimum atomic E-state index is -0.455. The van der Waals surface area contributed by atoms with Gasteiger partial charge in [-0.25, -0.2) is 15.0 Å². The molecule has 2 aliphatic rings. The number of carbonyl (C=O) groups excluding carboxylic acids is 1. The first-order valence-corrected chi connectivity index (χ1v) is 9.23. The number of aromatic nitrogens is 4. The fourth-order valence-electron chi connectivity index (χ4n) is 3.58. The number of aryl methyl sites for hydroxylation is 1. The van der Waals surface area contributed by atoms with Crippen LogP contribution in [0.5, 0.6) is 0 Å². The summed E-state index contributed by atoms with van der Waals surface area (Å²) in [7, 11) is 0. The molecular formula is C19H23N7O. The molecule has 0 spiro atoms. The van der Waals surface area contributed by atoms with Gasteiger partial charge >= 0.3 is 0 Å². The zero-order chi connectivity index (χ0) is 18.9. The number of rotatable bonds is 3. The lowest BCUT2D eigenvalue weighted by Gasteiger charge is -2.40. The second kappa shape index (κ2) is 7.02. The van der Waals surface area contributed by atoms with Crippen molar-refractivity contribution in [3.8, 4) is 0 Å². The minimum Gasteiger partial charge on any atom is -0.341 e. The van der Waals surface area contributed by atoms with Crippen molar-refractivity contribution in [1.82, 2.24) is 24.9 Å². The first kappa shape index (κ1) is 17.5. The van der Waals surface area contributed by atoms with Crippen molar-refractivity contribution in [2.24, 2.45) is 10.5 Å². The fraction of sp³-hybridized carbons (Fsp3) is 0.474. The van der Waals surface area contributed by atoms with E-state index in [4.69, 9.17) is 0 Å². The average molecular weight is 365 g/mol. The third-order valence-corrected chi connectivity index (χ3v) is 5.40. The van der Waals surface area contributed by atoms with Gasteiger partial charge in [0.05, 0.1) is 23.0 Å². The van der Waals surface area contributed by atoms with Crippen LogP contribution in [-0.2, 0) is 4.79 Å². The zero-order valence-corrected chi connectivity index (χ0v) is 15.6. The van der Waals surface area contributed by atoms with Gasteiger partial charge in [0, 0.05) is 44.3 Å². The third kappa shape index (κ3) is 3.39. The molecule has 2 aromatic rings. The summed E-state index contributed by atoms with van der Waals surface area (Å²) in [4.78, 5) is 32.9. The molecule has 1 atom stereocenters. The van der Waals surface area contributed by atoms with Crippen LogP contribution in [0.1, 0.15) is 43.6 Å². The molecule has 8 nitrogen and oxygen atoms in total. The molecule has 2 aliphatic heterocycles. The highest BCUT2D eigenvalue weighted by molar-refractivity contribution is 5.85. The lowest BCUT2D eigenvalue weighted by atomic mass is 9.79. The van der Waals surface area contributed by atoms with Gasteiger partial charge in [-0.15, -0.1) is 0 Å². The molecule has 140 valence electrons. The van der Waals surface area contributed by atoms with Gasteiger partial charge in [0.2, 0.25) is 11.9 Å². The van der Waals surface area contributed by atoms with Gasteiger partial charge in [-0.3, -0.25) is 14.8 Å². The number of hydrogen-bond donors (Lipinski definition) is 0. The van der Waals surface area contributed by atoms with Crippen molar-refractivity contribution in [3.05, 3.63) is 42.2 Å². The molecule has 1 saturated heterocycles. The molecular weight excluding hydrogens is 342 g/mol. The minimum absolute atomic E-state index is 0.0530. The first-order chi connectivity index (χ1) is 13.1. The second-order valence-corrected chi connectivity index (χ2v) is 7.38. The summed E-state index contributed by atoms with van der Waals surface area (Å²) in [5.41, 5.74) is 1.19. The summed E-state index contributed by atoms with van der Waals surface area (Å²) < 4.78 is 0. The largest absolute Gasteiger partial charge is 0.341 e. The van der Waals surface area contributed by atoms with Crippen LogP contribution in [0, 0.1) is 12.3 Å². The van der Waals surface area contributed by atoms with E-state index in [0.29, 0.717) is 6.42 Å². The quantitative estimate of drug-likeness (QED) is 0.828. The summed E-state index contributed by atoms with van der Waals surface area (Å²) in [6.45, 7) is 5.43. The smallest absolute Gasteiger partial charge is 0.249 e. The van der Waals surface area contributed by atoms with Gasteiger partial charge in [0.1, 0.15) is 6.04 Å². The van der Waals surface area contributed by atoms with E-state index in [1.807, 2.05) is 13.8 Å². The molecule has 1 fully saturated rings. The molecule has 27 heavy (non-hydrogen) atoms. The molecule has 2 aromatic heterocycles. The van der Waals surface area contributed by atoms with E-state index in [1.54, 1.807) is 42.1 Å². The van der Waals surface area contributed by atoms with Gasteiger partial charge in [-0.05, 0) is 25.8 Å². The Hall–Kier alpha value is -2.90.